The number of carbonyl (C=O) groups excluding carboxylic acids is 1. The maximum absolute atomic E-state index is 13.8. The number of nitrogens with zero attached hydrogens (tertiary/aromatic N) is 4. The Morgan fingerprint density at radius 1 is 1.10 bits per heavy atom. The molecule has 1 fully saturated rings. The molecule has 4 rings (SSSR count). The average Bonchev–Trinajstić information content (AvgIpc) is 2.76. The molecule has 2 heterocycles. The van der Waals surface area contributed by atoms with Crippen molar-refractivity contribution in [3.8, 4) is 5.75 Å². The number of anilines is 4. The van der Waals surface area contributed by atoms with Gasteiger partial charge in [-0.2, -0.15) is 4.98 Å². The zero-order valence-electron chi connectivity index (χ0n) is 17.1. The summed E-state index contributed by atoms with van der Waals surface area (Å²) in [7, 11) is 0. The van der Waals surface area contributed by atoms with Crippen molar-refractivity contribution >= 4 is 29.2 Å². The number of piperidine rings is 1. The van der Waals surface area contributed by atoms with Gasteiger partial charge in [0.2, 0.25) is 17.8 Å². The molecular weight excluding hydrogens is 399 g/mol. The Morgan fingerprint density at radius 2 is 1.87 bits per heavy atom. The lowest BCUT2D eigenvalue weighted by Gasteiger charge is -2.32. The van der Waals surface area contributed by atoms with Crippen LogP contribution in [0, 0.1) is 5.82 Å². The number of hydrogen-bond acceptors (Lipinski definition) is 7. The van der Waals surface area contributed by atoms with Gasteiger partial charge in [-0.1, -0.05) is 18.2 Å². The van der Waals surface area contributed by atoms with Crippen molar-refractivity contribution in [1.29, 1.82) is 0 Å². The van der Waals surface area contributed by atoms with Crippen LogP contribution in [0.15, 0.2) is 54.9 Å². The first-order valence-electron chi connectivity index (χ1n) is 10.1. The standard InChI is InChI=1S/C22H23FN6O2/c1-15(30)26-16-5-4-6-17(13-16)27-21-24-14-25-22(28-21)29-11-9-18(10-12-29)31-20-8-3-2-7-19(20)23/h2-8,13-14,18H,9-12H2,1H3,(H,26,30)(H,24,25,27,28). The Balaban J connectivity index is 1.37. The van der Waals surface area contributed by atoms with Gasteiger partial charge in [-0.05, 0) is 30.3 Å². The molecule has 1 saturated heterocycles. The number of hydrogen-bond donors (Lipinski definition) is 2. The third-order valence-corrected chi connectivity index (χ3v) is 4.85. The highest BCUT2D eigenvalue weighted by atomic mass is 19.1. The van der Waals surface area contributed by atoms with E-state index in [0.717, 1.165) is 18.5 Å². The molecule has 2 aromatic carbocycles. The molecule has 0 saturated carbocycles. The van der Waals surface area contributed by atoms with Gasteiger partial charge in [-0.3, -0.25) is 4.79 Å². The third kappa shape index (κ3) is 5.44. The third-order valence-electron chi connectivity index (χ3n) is 4.85. The fourth-order valence-corrected chi connectivity index (χ4v) is 3.40. The second-order valence-corrected chi connectivity index (χ2v) is 7.23. The summed E-state index contributed by atoms with van der Waals surface area (Å²) in [5.41, 5.74) is 1.43. The van der Waals surface area contributed by atoms with Gasteiger partial charge in [0.25, 0.3) is 0 Å². The molecule has 1 aliphatic heterocycles. The summed E-state index contributed by atoms with van der Waals surface area (Å²) in [6.07, 6.45) is 2.89. The van der Waals surface area contributed by atoms with Crippen LogP contribution in [0.3, 0.4) is 0 Å². The number of aromatic nitrogens is 3. The quantitative estimate of drug-likeness (QED) is 0.625. The Morgan fingerprint density at radius 3 is 2.65 bits per heavy atom. The van der Waals surface area contributed by atoms with Gasteiger partial charge in [-0.25, -0.2) is 14.4 Å². The summed E-state index contributed by atoms with van der Waals surface area (Å²) >= 11 is 0. The van der Waals surface area contributed by atoms with E-state index in [0.29, 0.717) is 30.7 Å². The van der Waals surface area contributed by atoms with Gasteiger partial charge in [-0.15, -0.1) is 0 Å². The number of benzene rings is 2. The van der Waals surface area contributed by atoms with E-state index in [4.69, 9.17) is 4.74 Å². The number of halogens is 1. The van der Waals surface area contributed by atoms with Crippen LogP contribution in [0.25, 0.3) is 0 Å². The second-order valence-electron chi connectivity index (χ2n) is 7.23. The van der Waals surface area contributed by atoms with Gasteiger partial charge in [0.1, 0.15) is 12.4 Å². The van der Waals surface area contributed by atoms with Crippen LogP contribution in [0.4, 0.5) is 27.7 Å². The highest BCUT2D eigenvalue weighted by Crippen LogP contribution is 2.24. The van der Waals surface area contributed by atoms with Crippen LogP contribution in [-0.4, -0.2) is 40.1 Å². The molecule has 1 aliphatic rings. The SMILES string of the molecule is CC(=O)Nc1cccc(Nc2ncnc(N3CCC(Oc4ccccc4F)CC3)n2)c1. The Hall–Kier alpha value is -3.75. The molecule has 0 unspecified atom stereocenters. The van der Waals surface area contributed by atoms with Crippen molar-refractivity contribution in [3.63, 3.8) is 0 Å². The van der Waals surface area contributed by atoms with Crippen LogP contribution < -0.4 is 20.3 Å². The summed E-state index contributed by atoms with van der Waals surface area (Å²) in [4.78, 5) is 26.3. The molecule has 0 radical (unpaired) electrons. The second kappa shape index (κ2) is 9.38. The molecule has 0 atom stereocenters. The first-order valence-corrected chi connectivity index (χ1v) is 10.1. The maximum Gasteiger partial charge on any atom is 0.231 e. The molecule has 1 aromatic heterocycles. The van der Waals surface area contributed by atoms with Crippen molar-refractivity contribution in [2.45, 2.75) is 25.9 Å². The Bertz CT molecular complexity index is 1060. The fraction of sp³-hybridized carbons (Fsp3) is 0.273. The Kier molecular flexibility index (Phi) is 6.21. The highest BCUT2D eigenvalue weighted by Gasteiger charge is 2.23. The van der Waals surface area contributed by atoms with E-state index in [-0.39, 0.29) is 23.6 Å². The minimum absolute atomic E-state index is 0.0518. The first kappa shape index (κ1) is 20.5. The van der Waals surface area contributed by atoms with Crippen LogP contribution in [0.5, 0.6) is 5.75 Å². The van der Waals surface area contributed by atoms with E-state index < -0.39 is 0 Å². The number of amides is 1. The summed E-state index contributed by atoms with van der Waals surface area (Å²) in [5, 5.41) is 5.88. The number of rotatable bonds is 6. The van der Waals surface area contributed by atoms with Crippen molar-refractivity contribution < 1.29 is 13.9 Å². The number of para-hydroxylation sites is 1. The van der Waals surface area contributed by atoms with E-state index in [2.05, 4.69) is 30.5 Å². The fourth-order valence-electron chi connectivity index (χ4n) is 3.40. The highest BCUT2D eigenvalue weighted by molar-refractivity contribution is 5.89. The number of carbonyl (C=O) groups is 1. The lowest BCUT2D eigenvalue weighted by atomic mass is 10.1. The molecule has 0 bridgehead atoms. The molecular formula is C22H23FN6O2. The van der Waals surface area contributed by atoms with Crippen molar-refractivity contribution in [2.24, 2.45) is 0 Å². The maximum atomic E-state index is 13.8. The van der Waals surface area contributed by atoms with Gasteiger partial charge < -0.3 is 20.3 Å². The minimum atomic E-state index is -0.347. The summed E-state index contributed by atoms with van der Waals surface area (Å²) in [6, 6.07) is 13.7. The summed E-state index contributed by atoms with van der Waals surface area (Å²) in [6.45, 7) is 2.85. The molecule has 9 heteroatoms. The number of ether oxygens (including phenoxy) is 1. The van der Waals surface area contributed by atoms with E-state index in [1.165, 1.54) is 19.3 Å². The van der Waals surface area contributed by atoms with Crippen molar-refractivity contribution in [3.05, 3.63) is 60.7 Å². The van der Waals surface area contributed by atoms with Gasteiger partial charge in [0, 0.05) is 44.2 Å². The van der Waals surface area contributed by atoms with E-state index in [1.54, 1.807) is 30.3 Å². The van der Waals surface area contributed by atoms with Crippen LogP contribution in [-0.2, 0) is 4.79 Å². The molecule has 8 nitrogen and oxygen atoms in total. The summed E-state index contributed by atoms with van der Waals surface area (Å²) < 4.78 is 19.6. The zero-order valence-corrected chi connectivity index (χ0v) is 17.1. The van der Waals surface area contributed by atoms with E-state index >= 15 is 0 Å². The zero-order chi connectivity index (χ0) is 21.6. The smallest absolute Gasteiger partial charge is 0.231 e. The van der Waals surface area contributed by atoms with Crippen molar-refractivity contribution in [2.75, 3.05) is 28.6 Å². The van der Waals surface area contributed by atoms with E-state index in [1.807, 2.05) is 12.1 Å². The van der Waals surface area contributed by atoms with Crippen LogP contribution in [0.2, 0.25) is 0 Å². The molecule has 3 aromatic rings. The molecule has 0 aliphatic carbocycles. The lowest BCUT2D eigenvalue weighted by Crippen LogP contribution is -2.39. The van der Waals surface area contributed by atoms with Gasteiger partial charge >= 0.3 is 0 Å². The molecule has 2 N–H and O–H groups in total. The molecule has 31 heavy (non-hydrogen) atoms. The summed E-state index contributed by atoms with van der Waals surface area (Å²) in [5.74, 6) is 0.784. The van der Waals surface area contributed by atoms with Gasteiger partial charge in [0.05, 0.1) is 0 Å². The topological polar surface area (TPSA) is 92.3 Å². The van der Waals surface area contributed by atoms with E-state index in [9.17, 15) is 9.18 Å². The minimum Gasteiger partial charge on any atom is -0.487 e. The van der Waals surface area contributed by atoms with Crippen LogP contribution >= 0.6 is 0 Å². The average molecular weight is 422 g/mol. The molecule has 160 valence electrons. The van der Waals surface area contributed by atoms with Crippen LogP contribution in [0.1, 0.15) is 19.8 Å². The lowest BCUT2D eigenvalue weighted by molar-refractivity contribution is -0.114. The Labute approximate surface area is 179 Å². The predicted molar refractivity (Wildman–Crippen MR) is 116 cm³/mol. The van der Waals surface area contributed by atoms with Crippen molar-refractivity contribution in [1.82, 2.24) is 15.0 Å². The predicted octanol–water partition coefficient (Wildman–Crippen LogP) is 3.76. The normalized spacial score (nSPS) is 14.2. The van der Waals surface area contributed by atoms with Gasteiger partial charge in [0.15, 0.2) is 11.6 Å². The number of nitrogens with one attached hydrogen (secondary N) is 2. The largest absolute Gasteiger partial charge is 0.487 e. The molecule has 1 amide bonds. The monoisotopic (exact) mass is 422 g/mol. The first-order chi connectivity index (χ1) is 15.1. The molecule has 0 spiro atoms.